The summed E-state index contributed by atoms with van der Waals surface area (Å²) in [5, 5.41) is 0.976. The third-order valence-electron chi connectivity index (χ3n) is 5.40. The van der Waals surface area contributed by atoms with Crippen LogP contribution in [0.25, 0.3) is 0 Å². The van der Waals surface area contributed by atoms with Crippen molar-refractivity contribution in [2.24, 2.45) is 0 Å². The van der Waals surface area contributed by atoms with Crippen molar-refractivity contribution in [2.45, 2.75) is 43.5 Å². The average molecular weight is 540 g/mol. The van der Waals surface area contributed by atoms with Crippen LogP contribution in [-0.4, -0.2) is 46.0 Å². The molecular formula is C21H25Cl3N2O4S2. The normalized spacial score (nSPS) is 16.2. The fourth-order valence-electron chi connectivity index (χ4n) is 3.75. The highest BCUT2D eigenvalue weighted by Crippen LogP contribution is 2.35. The molecule has 1 aliphatic rings. The van der Waals surface area contributed by atoms with Gasteiger partial charge in [0, 0.05) is 29.2 Å². The molecule has 176 valence electrons. The quantitative estimate of drug-likeness (QED) is 0.425. The molecule has 1 fully saturated rings. The van der Waals surface area contributed by atoms with Crippen molar-refractivity contribution in [2.75, 3.05) is 23.1 Å². The Morgan fingerprint density at radius 3 is 2.16 bits per heavy atom. The van der Waals surface area contributed by atoms with Crippen LogP contribution >= 0.6 is 34.8 Å². The zero-order valence-electron chi connectivity index (χ0n) is 17.5. The molecule has 1 aliphatic heterocycles. The molecule has 0 N–H and O–H groups in total. The molecule has 1 unspecified atom stereocenters. The summed E-state index contributed by atoms with van der Waals surface area (Å²) in [6.07, 6.45) is 2.37. The number of nitrogens with zero attached hydrogens (tertiary/aromatic N) is 2. The molecule has 0 aliphatic carbocycles. The maximum atomic E-state index is 13.6. The van der Waals surface area contributed by atoms with Crippen molar-refractivity contribution in [3.8, 4) is 0 Å². The van der Waals surface area contributed by atoms with Crippen molar-refractivity contribution in [1.29, 1.82) is 0 Å². The molecule has 0 aromatic heterocycles. The molecule has 2 aromatic carbocycles. The molecule has 11 heteroatoms. The Bertz CT molecular complexity index is 1150. The van der Waals surface area contributed by atoms with E-state index in [1.165, 1.54) is 45.0 Å². The smallest absolute Gasteiger partial charge is 0.262 e. The van der Waals surface area contributed by atoms with Crippen LogP contribution < -0.4 is 4.31 Å². The first-order valence-corrected chi connectivity index (χ1v) is 14.4. The van der Waals surface area contributed by atoms with Gasteiger partial charge in [0.2, 0.25) is 10.0 Å². The summed E-state index contributed by atoms with van der Waals surface area (Å²) in [6.45, 7) is 2.83. The Morgan fingerprint density at radius 1 is 0.938 bits per heavy atom. The van der Waals surface area contributed by atoms with Gasteiger partial charge in [-0.05, 0) is 75.1 Å². The van der Waals surface area contributed by atoms with Gasteiger partial charge in [-0.15, -0.1) is 0 Å². The minimum absolute atomic E-state index is 0.0323. The monoisotopic (exact) mass is 538 g/mol. The van der Waals surface area contributed by atoms with E-state index in [-0.39, 0.29) is 21.4 Å². The Morgan fingerprint density at radius 2 is 1.53 bits per heavy atom. The fraction of sp³-hybridized carbons (Fsp3) is 0.429. The van der Waals surface area contributed by atoms with Crippen molar-refractivity contribution < 1.29 is 16.8 Å². The fourth-order valence-corrected chi connectivity index (χ4v) is 7.60. The van der Waals surface area contributed by atoms with E-state index in [0.717, 1.165) is 12.8 Å². The lowest BCUT2D eigenvalue weighted by atomic mass is 10.2. The number of hydrogen-bond acceptors (Lipinski definition) is 4. The van der Waals surface area contributed by atoms with Crippen LogP contribution in [0.2, 0.25) is 15.1 Å². The number of halogens is 3. The second-order valence-corrected chi connectivity index (χ2v) is 12.9. The third kappa shape index (κ3) is 5.90. The Labute approximate surface area is 205 Å². The highest BCUT2D eigenvalue weighted by Gasteiger charge is 2.32. The number of sulfonamides is 2. The molecule has 3 rings (SSSR count). The minimum atomic E-state index is -4.02. The molecule has 1 saturated heterocycles. The summed E-state index contributed by atoms with van der Waals surface area (Å²) in [5.74, 6) is -0.0323. The summed E-state index contributed by atoms with van der Waals surface area (Å²) in [6, 6.07) is 9.89. The summed E-state index contributed by atoms with van der Waals surface area (Å²) in [5.41, 5.74) is 0.240. The van der Waals surface area contributed by atoms with E-state index in [0.29, 0.717) is 36.0 Å². The van der Waals surface area contributed by atoms with Gasteiger partial charge in [0.15, 0.2) is 0 Å². The second kappa shape index (κ2) is 10.5. The lowest BCUT2D eigenvalue weighted by Crippen LogP contribution is -2.39. The highest BCUT2D eigenvalue weighted by molar-refractivity contribution is 7.93. The molecule has 0 bridgehead atoms. The van der Waals surface area contributed by atoms with Gasteiger partial charge >= 0.3 is 0 Å². The molecular weight excluding hydrogens is 515 g/mol. The van der Waals surface area contributed by atoms with Crippen molar-refractivity contribution in [1.82, 2.24) is 4.31 Å². The highest BCUT2D eigenvalue weighted by atomic mass is 35.5. The Hall–Kier alpha value is -1.03. The molecule has 32 heavy (non-hydrogen) atoms. The molecule has 0 amide bonds. The maximum Gasteiger partial charge on any atom is 0.264 e. The first-order chi connectivity index (χ1) is 15.0. The van der Waals surface area contributed by atoms with E-state index >= 15 is 0 Å². The molecule has 0 radical (unpaired) electrons. The van der Waals surface area contributed by atoms with Crippen LogP contribution in [0.5, 0.6) is 0 Å². The third-order valence-corrected chi connectivity index (χ3v) is 10.1. The van der Waals surface area contributed by atoms with Crippen molar-refractivity contribution in [3.63, 3.8) is 0 Å². The zero-order chi connectivity index (χ0) is 23.5. The second-order valence-electron chi connectivity index (χ2n) is 7.76. The summed E-state index contributed by atoms with van der Waals surface area (Å²) in [7, 11) is -7.37. The van der Waals surface area contributed by atoms with Crippen LogP contribution in [-0.2, 0) is 20.0 Å². The van der Waals surface area contributed by atoms with Gasteiger partial charge in [-0.1, -0.05) is 34.8 Å². The minimum Gasteiger partial charge on any atom is -0.262 e. The molecule has 0 spiro atoms. The standard InChI is InChI=1S/C21H25Cl3N2O4S2/c1-16(5-4-14-31(27,28)25-12-2-3-13-25)26(21-15-18(23)8-11-20(21)24)32(29,30)19-9-6-17(22)7-10-19/h6-11,15-16H,2-5,12-14H2,1H3. The summed E-state index contributed by atoms with van der Waals surface area (Å²) in [4.78, 5) is 0.0504. The molecule has 2 aromatic rings. The number of hydrogen-bond donors (Lipinski definition) is 0. The van der Waals surface area contributed by atoms with Crippen LogP contribution in [0, 0.1) is 0 Å². The van der Waals surface area contributed by atoms with E-state index in [1.54, 1.807) is 13.0 Å². The zero-order valence-corrected chi connectivity index (χ0v) is 21.4. The first-order valence-electron chi connectivity index (χ1n) is 10.3. The van der Waals surface area contributed by atoms with Crippen molar-refractivity contribution in [3.05, 3.63) is 57.5 Å². The first kappa shape index (κ1) is 25.6. The molecule has 6 nitrogen and oxygen atoms in total. The van der Waals surface area contributed by atoms with E-state index in [2.05, 4.69) is 0 Å². The van der Waals surface area contributed by atoms with Crippen molar-refractivity contribution >= 4 is 60.5 Å². The molecule has 1 heterocycles. The lowest BCUT2D eigenvalue weighted by Gasteiger charge is -2.31. The SMILES string of the molecule is CC(CCCS(=O)(=O)N1CCCC1)N(c1cc(Cl)ccc1Cl)S(=O)(=O)c1ccc(Cl)cc1. The number of rotatable bonds is 9. The molecule has 0 saturated carbocycles. The number of benzene rings is 2. The Balaban J connectivity index is 1.88. The van der Waals surface area contributed by atoms with Gasteiger partial charge in [-0.2, -0.15) is 0 Å². The topological polar surface area (TPSA) is 74.8 Å². The summed E-state index contributed by atoms with van der Waals surface area (Å²) >= 11 is 18.4. The van der Waals surface area contributed by atoms with Gasteiger partial charge in [0.25, 0.3) is 10.0 Å². The van der Waals surface area contributed by atoms with Crippen LogP contribution in [0.3, 0.4) is 0 Å². The predicted octanol–water partition coefficient (Wildman–Crippen LogP) is 5.44. The van der Waals surface area contributed by atoms with Crippen LogP contribution in [0.1, 0.15) is 32.6 Å². The van der Waals surface area contributed by atoms with E-state index < -0.39 is 26.1 Å². The van der Waals surface area contributed by atoms with E-state index in [9.17, 15) is 16.8 Å². The summed E-state index contributed by atoms with van der Waals surface area (Å²) < 4.78 is 55.0. The van der Waals surface area contributed by atoms with E-state index in [4.69, 9.17) is 34.8 Å². The van der Waals surface area contributed by atoms with Gasteiger partial charge in [0.1, 0.15) is 0 Å². The molecule has 1 atom stereocenters. The van der Waals surface area contributed by atoms with Gasteiger partial charge in [-0.3, -0.25) is 4.31 Å². The Kier molecular flexibility index (Phi) is 8.39. The van der Waals surface area contributed by atoms with Gasteiger partial charge in [-0.25, -0.2) is 21.1 Å². The average Bonchev–Trinajstić information content (AvgIpc) is 3.27. The lowest BCUT2D eigenvalue weighted by molar-refractivity contribution is 0.473. The van der Waals surface area contributed by atoms with Crippen LogP contribution in [0.4, 0.5) is 5.69 Å². The number of anilines is 1. The predicted molar refractivity (Wildman–Crippen MR) is 131 cm³/mol. The van der Waals surface area contributed by atoms with Crippen LogP contribution in [0.15, 0.2) is 47.4 Å². The largest absolute Gasteiger partial charge is 0.264 e. The van der Waals surface area contributed by atoms with Gasteiger partial charge in [0.05, 0.1) is 21.4 Å². The maximum absolute atomic E-state index is 13.6. The van der Waals surface area contributed by atoms with Gasteiger partial charge < -0.3 is 0 Å². The van der Waals surface area contributed by atoms with E-state index in [1.807, 2.05) is 0 Å².